The number of carbonyl (C=O) groups excluding carboxylic acids is 2. The Morgan fingerprint density at radius 1 is 1.26 bits per heavy atom. The second-order valence-corrected chi connectivity index (χ2v) is 5.73. The molecular formula is C17H16BrNO4. The van der Waals surface area contributed by atoms with Gasteiger partial charge in [0.1, 0.15) is 5.76 Å². The summed E-state index contributed by atoms with van der Waals surface area (Å²) in [5.41, 5.74) is 2.77. The Hall–Kier alpha value is -2.34. The van der Waals surface area contributed by atoms with Crippen molar-refractivity contribution in [2.45, 2.75) is 13.8 Å². The molecule has 6 heteroatoms. The number of rotatable bonds is 5. The number of hydrogen-bond donors (Lipinski definition) is 1. The van der Waals surface area contributed by atoms with E-state index in [2.05, 4.69) is 21.2 Å². The predicted octanol–water partition coefficient (Wildman–Crippen LogP) is 3.85. The number of hydrogen-bond acceptors (Lipinski definition) is 4. The molecule has 1 N–H and O–H groups in total. The summed E-state index contributed by atoms with van der Waals surface area (Å²) >= 11 is 3.16. The van der Waals surface area contributed by atoms with Gasteiger partial charge >= 0.3 is 5.97 Å². The first-order valence-electron chi connectivity index (χ1n) is 6.91. The molecule has 2 aromatic rings. The maximum Gasteiger partial charge on any atom is 0.331 e. The smallest absolute Gasteiger partial charge is 0.331 e. The van der Waals surface area contributed by atoms with Gasteiger partial charge in [0.2, 0.25) is 0 Å². The molecule has 5 nitrogen and oxygen atoms in total. The Labute approximate surface area is 142 Å². The molecule has 0 saturated heterocycles. The fraction of sp³-hybridized carbons (Fsp3) is 0.176. The average molecular weight is 378 g/mol. The summed E-state index contributed by atoms with van der Waals surface area (Å²) in [5, 5.41) is 2.70. The van der Waals surface area contributed by atoms with Crippen LogP contribution in [0, 0.1) is 13.8 Å². The molecule has 0 atom stereocenters. The van der Waals surface area contributed by atoms with E-state index in [9.17, 15) is 9.59 Å². The van der Waals surface area contributed by atoms with E-state index in [0.29, 0.717) is 16.1 Å². The van der Waals surface area contributed by atoms with Crippen molar-refractivity contribution in [2.75, 3.05) is 11.9 Å². The largest absolute Gasteiger partial charge is 0.452 e. The summed E-state index contributed by atoms with van der Waals surface area (Å²) < 4.78 is 10.6. The quantitative estimate of drug-likeness (QED) is 0.634. The van der Waals surface area contributed by atoms with Crippen LogP contribution >= 0.6 is 15.9 Å². The van der Waals surface area contributed by atoms with E-state index in [4.69, 9.17) is 9.15 Å². The SMILES string of the molecule is Cc1ccc(NC(=O)COC(=O)/C=C/c2ccc(Br)o2)c(C)c1. The highest BCUT2D eigenvalue weighted by molar-refractivity contribution is 9.10. The molecule has 1 amide bonds. The number of carbonyl (C=O) groups is 2. The molecule has 2 rings (SSSR count). The van der Waals surface area contributed by atoms with Crippen LogP contribution in [-0.2, 0) is 14.3 Å². The van der Waals surface area contributed by atoms with Gasteiger partial charge in [-0.25, -0.2) is 4.79 Å². The van der Waals surface area contributed by atoms with Crippen LogP contribution in [0.2, 0.25) is 0 Å². The Morgan fingerprint density at radius 2 is 2.04 bits per heavy atom. The predicted molar refractivity (Wildman–Crippen MR) is 90.9 cm³/mol. The molecule has 0 unspecified atom stereocenters. The van der Waals surface area contributed by atoms with Crippen LogP contribution in [-0.4, -0.2) is 18.5 Å². The highest BCUT2D eigenvalue weighted by Crippen LogP contribution is 2.16. The minimum Gasteiger partial charge on any atom is -0.452 e. The number of benzene rings is 1. The maximum atomic E-state index is 11.8. The number of esters is 1. The molecule has 0 aliphatic rings. The topological polar surface area (TPSA) is 68.5 Å². The van der Waals surface area contributed by atoms with Crippen LogP contribution < -0.4 is 5.32 Å². The summed E-state index contributed by atoms with van der Waals surface area (Å²) in [7, 11) is 0. The van der Waals surface area contributed by atoms with Crippen LogP contribution in [0.3, 0.4) is 0 Å². The molecular weight excluding hydrogens is 362 g/mol. The van der Waals surface area contributed by atoms with E-state index in [1.165, 1.54) is 12.2 Å². The van der Waals surface area contributed by atoms with Gasteiger partial charge in [-0.15, -0.1) is 0 Å². The zero-order chi connectivity index (χ0) is 16.8. The third kappa shape index (κ3) is 5.41. The fourth-order valence-electron chi connectivity index (χ4n) is 1.89. The first-order valence-corrected chi connectivity index (χ1v) is 7.70. The van der Waals surface area contributed by atoms with Crippen molar-refractivity contribution in [3.63, 3.8) is 0 Å². The highest BCUT2D eigenvalue weighted by atomic mass is 79.9. The lowest BCUT2D eigenvalue weighted by Crippen LogP contribution is -2.20. The molecule has 0 radical (unpaired) electrons. The van der Waals surface area contributed by atoms with Crippen molar-refractivity contribution < 1.29 is 18.7 Å². The van der Waals surface area contributed by atoms with Gasteiger partial charge in [0.15, 0.2) is 11.3 Å². The van der Waals surface area contributed by atoms with Crippen molar-refractivity contribution in [1.29, 1.82) is 0 Å². The summed E-state index contributed by atoms with van der Waals surface area (Å²) in [6.07, 6.45) is 2.67. The Bertz CT molecular complexity index is 749. The Morgan fingerprint density at radius 3 is 2.70 bits per heavy atom. The first-order chi connectivity index (χ1) is 10.9. The average Bonchev–Trinajstić information content (AvgIpc) is 2.91. The highest BCUT2D eigenvalue weighted by Gasteiger charge is 2.07. The molecule has 1 heterocycles. The van der Waals surface area contributed by atoms with Gasteiger partial charge in [-0.1, -0.05) is 17.7 Å². The lowest BCUT2D eigenvalue weighted by Gasteiger charge is -2.09. The van der Waals surface area contributed by atoms with Crippen LogP contribution in [0.25, 0.3) is 6.08 Å². The van der Waals surface area contributed by atoms with Gasteiger partial charge in [-0.05, 0) is 59.6 Å². The van der Waals surface area contributed by atoms with Gasteiger partial charge in [0, 0.05) is 11.8 Å². The third-order valence-electron chi connectivity index (χ3n) is 2.98. The van der Waals surface area contributed by atoms with Crippen LogP contribution in [0.5, 0.6) is 0 Å². The monoisotopic (exact) mass is 377 g/mol. The second-order valence-electron chi connectivity index (χ2n) is 4.95. The van der Waals surface area contributed by atoms with E-state index in [0.717, 1.165) is 11.1 Å². The normalized spacial score (nSPS) is 10.7. The summed E-state index contributed by atoms with van der Waals surface area (Å²) in [6.45, 7) is 3.53. The molecule has 0 aliphatic carbocycles. The molecule has 0 saturated carbocycles. The zero-order valence-corrected chi connectivity index (χ0v) is 14.3. The lowest BCUT2D eigenvalue weighted by atomic mass is 10.1. The van der Waals surface area contributed by atoms with E-state index in [1.807, 2.05) is 32.0 Å². The number of ether oxygens (including phenoxy) is 1. The van der Waals surface area contributed by atoms with Crippen molar-refractivity contribution in [3.8, 4) is 0 Å². The number of halogens is 1. The van der Waals surface area contributed by atoms with Gasteiger partial charge < -0.3 is 14.5 Å². The number of nitrogens with one attached hydrogen (secondary N) is 1. The van der Waals surface area contributed by atoms with Gasteiger partial charge in [0.05, 0.1) is 0 Å². The summed E-state index contributed by atoms with van der Waals surface area (Å²) in [5.74, 6) is -0.499. The molecule has 120 valence electrons. The van der Waals surface area contributed by atoms with Crippen molar-refractivity contribution in [2.24, 2.45) is 0 Å². The second kappa shape index (κ2) is 7.78. The lowest BCUT2D eigenvalue weighted by molar-refractivity contribution is -0.142. The Kier molecular flexibility index (Phi) is 5.76. The minimum absolute atomic E-state index is 0.349. The van der Waals surface area contributed by atoms with Crippen LogP contribution in [0.15, 0.2) is 45.5 Å². The first kappa shape index (κ1) is 17.0. The summed E-state index contributed by atoms with van der Waals surface area (Å²) in [6, 6.07) is 9.09. The number of anilines is 1. The number of amides is 1. The fourth-order valence-corrected chi connectivity index (χ4v) is 2.21. The minimum atomic E-state index is -0.617. The van der Waals surface area contributed by atoms with E-state index >= 15 is 0 Å². The van der Waals surface area contributed by atoms with Crippen molar-refractivity contribution in [1.82, 2.24) is 0 Å². The number of aryl methyl sites for hydroxylation is 2. The molecule has 1 aromatic heterocycles. The third-order valence-corrected chi connectivity index (χ3v) is 3.41. The Balaban J connectivity index is 1.81. The van der Waals surface area contributed by atoms with Crippen molar-refractivity contribution >= 4 is 39.6 Å². The zero-order valence-electron chi connectivity index (χ0n) is 12.8. The van der Waals surface area contributed by atoms with Gasteiger partial charge in [0.25, 0.3) is 5.91 Å². The molecule has 0 fully saturated rings. The molecule has 23 heavy (non-hydrogen) atoms. The number of furan rings is 1. The van der Waals surface area contributed by atoms with Crippen molar-refractivity contribution in [3.05, 3.63) is 58.0 Å². The van der Waals surface area contributed by atoms with Gasteiger partial charge in [-0.2, -0.15) is 0 Å². The molecule has 0 spiro atoms. The summed E-state index contributed by atoms with van der Waals surface area (Å²) in [4.78, 5) is 23.3. The van der Waals surface area contributed by atoms with E-state index in [1.54, 1.807) is 12.1 Å². The van der Waals surface area contributed by atoms with E-state index in [-0.39, 0.29) is 12.5 Å². The van der Waals surface area contributed by atoms with Gasteiger partial charge in [-0.3, -0.25) is 4.79 Å². The standard InChI is InChI=1S/C17H16BrNO4/c1-11-3-6-14(12(2)9-11)19-16(20)10-22-17(21)8-5-13-4-7-15(18)23-13/h3-9H,10H2,1-2H3,(H,19,20)/b8-5+. The van der Waals surface area contributed by atoms with E-state index < -0.39 is 5.97 Å². The molecule has 0 aliphatic heterocycles. The maximum absolute atomic E-state index is 11.8. The van der Waals surface area contributed by atoms with Crippen LogP contribution in [0.1, 0.15) is 16.9 Å². The molecule has 0 bridgehead atoms. The molecule has 1 aromatic carbocycles. The van der Waals surface area contributed by atoms with Crippen LogP contribution in [0.4, 0.5) is 5.69 Å².